The SMILES string of the molecule is O=C(O)CN(CCN(CC(=O)O)CC(=O)O)CC(=O)O.Oc1cccc2cccnc12. The van der Waals surface area contributed by atoms with Gasteiger partial charge < -0.3 is 25.5 Å². The van der Waals surface area contributed by atoms with Crippen molar-refractivity contribution >= 4 is 34.8 Å². The lowest BCUT2D eigenvalue weighted by Gasteiger charge is -2.23. The Kier molecular flexibility index (Phi) is 10.4. The maximum Gasteiger partial charge on any atom is 0.317 e. The van der Waals surface area contributed by atoms with Gasteiger partial charge in [-0.1, -0.05) is 18.2 Å². The summed E-state index contributed by atoms with van der Waals surface area (Å²) in [5.41, 5.74) is 0.662. The molecule has 0 aliphatic heterocycles. The minimum atomic E-state index is -1.23. The minimum absolute atomic E-state index is 0.0703. The molecule has 1 aromatic heterocycles. The molecule has 0 amide bonds. The van der Waals surface area contributed by atoms with Crippen LogP contribution in [0.1, 0.15) is 0 Å². The number of nitrogens with zero attached hydrogens (tertiary/aromatic N) is 3. The highest BCUT2D eigenvalue weighted by Gasteiger charge is 2.18. The van der Waals surface area contributed by atoms with Crippen molar-refractivity contribution in [1.82, 2.24) is 14.8 Å². The van der Waals surface area contributed by atoms with Gasteiger partial charge in [-0.2, -0.15) is 0 Å². The van der Waals surface area contributed by atoms with Crippen LogP contribution in [-0.2, 0) is 19.2 Å². The van der Waals surface area contributed by atoms with Gasteiger partial charge >= 0.3 is 23.9 Å². The summed E-state index contributed by atoms with van der Waals surface area (Å²) in [4.78, 5) is 48.4. The van der Waals surface area contributed by atoms with Crippen molar-refractivity contribution in [2.75, 3.05) is 39.3 Å². The van der Waals surface area contributed by atoms with E-state index in [2.05, 4.69) is 4.98 Å². The number of hydrogen-bond donors (Lipinski definition) is 5. The molecule has 0 saturated carbocycles. The molecular weight excluding hydrogens is 414 g/mol. The number of aromatic hydroxyl groups is 1. The predicted molar refractivity (Wildman–Crippen MR) is 107 cm³/mol. The largest absolute Gasteiger partial charge is 0.506 e. The zero-order valence-electron chi connectivity index (χ0n) is 16.4. The first kappa shape index (κ1) is 25.3. The number of carboxylic acids is 4. The van der Waals surface area contributed by atoms with Crippen LogP contribution in [0.15, 0.2) is 36.5 Å². The van der Waals surface area contributed by atoms with Crippen molar-refractivity contribution in [3.8, 4) is 5.75 Å². The zero-order chi connectivity index (χ0) is 23.4. The number of hydrogen-bond acceptors (Lipinski definition) is 8. The van der Waals surface area contributed by atoms with Gasteiger partial charge in [0.25, 0.3) is 0 Å². The number of rotatable bonds is 11. The molecular formula is C19H23N3O9. The second-order valence-electron chi connectivity index (χ2n) is 6.35. The average Bonchev–Trinajstić information content (AvgIpc) is 2.65. The molecule has 0 radical (unpaired) electrons. The van der Waals surface area contributed by atoms with Crippen LogP contribution in [0.2, 0.25) is 0 Å². The fourth-order valence-electron chi connectivity index (χ4n) is 2.56. The van der Waals surface area contributed by atoms with Gasteiger partial charge in [0.2, 0.25) is 0 Å². The molecule has 0 saturated heterocycles. The molecule has 168 valence electrons. The van der Waals surface area contributed by atoms with Crippen LogP contribution in [0.5, 0.6) is 5.75 Å². The van der Waals surface area contributed by atoms with Crippen molar-refractivity contribution in [3.05, 3.63) is 36.5 Å². The number of phenolic OH excluding ortho intramolecular Hbond substituents is 1. The Balaban J connectivity index is 0.000000361. The third-order valence-corrected chi connectivity index (χ3v) is 3.78. The third kappa shape index (κ3) is 10.5. The van der Waals surface area contributed by atoms with E-state index in [0.29, 0.717) is 5.52 Å². The van der Waals surface area contributed by atoms with E-state index in [1.807, 2.05) is 18.2 Å². The lowest BCUT2D eigenvalue weighted by Crippen LogP contribution is -2.43. The highest BCUT2D eigenvalue weighted by molar-refractivity contribution is 5.83. The molecule has 0 fully saturated rings. The Morgan fingerprint density at radius 1 is 0.710 bits per heavy atom. The van der Waals surface area contributed by atoms with Crippen LogP contribution < -0.4 is 0 Å². The summed E-state index contributed by atoms with van der Waals surface area (Å²) in [5.74, 6) is -4.67. The van der Waals surface area contributed by atoms with E-state index in [4.69, 9.17) is 20.4 Å². The van der Waals surface area contributed by atoms with E-state index in [0.717, 1.165) is 15.2 Å². The first-order valence-corrected chi connectivity index (χ1v) is 8.93. The molecule has 0 spiro atoms. The second-order valence-corrected chi connectivity index (χ2v) is 6.35. The van der Waals surface area contributed by atoms with E-state index in [1.54, 1.807) is 18.3 Å². The van der Waals surface area contributed by atoms with Crippen molar-refractivity contribution in [1.29, 1.82) is 0 Å². The van der Waals surface area contributed by atoms with E-state index >= 15 is 0 Å². The Morgan fingerprint density at radius 3 is 1.52 bits per heavy atom. The van der Waals surface area contributed by atoms with Crippen LogP contribution in [0.3, 0.4) is 0 Å². The summed E-state index contributed by atoms with van der Waals surface area (Å²) in [5, 5.41) is 44.7. The maximum absolute atomic E-state index is 10.6. The van der Waals surface area contributed by atoms with Gasteiger partial charge in [0.15, 0.2) is 0 Å². The zero-order valence-corrected chi connectivity index (χ0v) is 16.4. The molecule has 0 atom stereocenters. The topological polar surface area (TPSA) is 189 Å². The third-order valence-electron chi connectivity index (χ3n) is 3.78. The van der Waals surface area contributed by atoms with Crippen molar-refractivity contribution in [3.63, 3.8) is 0 Å². The summed E-state index contributed by atoms with van der Waals surface area (Å²) in [6.07, 6.45) is 1.67. The molecule has 31 heavy (non-hydrogen) atoms. The van der Waals surface area contributed by atoms with Crippen LogP contribution in [-0.4, -0.2) is 103 Å². The summed E-state index contributed by atoms with van der Waals surface area (Å²) in [6, 6.07) is 9.13. The summed E-state index contributed by atoms with van der Waals surface area (Å²) in [6.45, 7) is -2.25. The van der Waals surface area contributed by atoms with Crippen molar-refractivity contribution < 1.29 is 44.7 Å². The van der Waals surface area contributed by atoms with E-state index < -0.39 is 50.1 Å². The number of aliphatic carboxylic acids is 4. The lowest BCUT2D eigenvalue weighted by molar-refractivity contribution is -0.145. The van der Waals surface area contributed by atoms with Gasteiger partial charge in [-0.05, 0) is 12.1 Å². The second kappa shape index (κ2) is 12.7. The molecule has 5 N–H and O–H groups in total. The number of fused-ring (bicyclic) bond motifs is 1. The fraction of sp³-hybridized carbons (Fsp3) is 0.316. The number of carboxylic acid groups (broad SMARTS) is 4. The van der Waals surface area contributed by atoms with Crippen LogP contribution in [0.4, 0.5) is 0 Å². The monoisotopic (exact) mass is 437 g/mol. The normalized spacial score (nSPS) is 10.5. The molecule has 0 aliphatic carbocycles. The quantitative estimate of drug-likeness (QED) is 0.313. The van der Waals surface area contributed by atoms with Gasteiger partial charge in [0.05, 0.1) is 26.2 Å². The summed E-state index contributed by atoms with van der Waals surface area (Å²) in [7, 11) is 0. The first-order chi connectivity index (χ1) is 14.6. The molecule has 2 rings (SSSR count). The van der Waals surface area contributed by atoms with Gasteiger partial charge in [-0.15, -0.1) is 0 Å². The van der Waals surface area contributed by atoms with E-state index in [9.17, 15) is 24.3 Å². The number of para-hydroxylation sites is 1. The van der Waals surface area contributed by atoms with Crippen LogP contribution >= 0.6 is 0 Å². The van der Waals surface area contributed by atoms with Gasteiger partial charge in [0, 0.05) is 24.7 Å². The number of phenols is 1. The molecule has 2 aromatic rings. The van der Waals surface area contributed by atoms with Gasteiger partial charge in [-0.3, -0.25) is 34.0 Å². The van der Waals surface area contributed by atoms with Gasteiger partial charge in [0.1, 0.15) is 11.3 Å². The Hall–Kier alpha value is -3.77. The smallest absolute Gasteiger partial charge is 0.317 e. The van der Waals surface area contributed by atoms with Gasteiger partial charge in [-0.25, -0.2) is 0 Å². The highest BCUT2D eigenvalue weighted by atomic mass is 16.4. The average molecular weight is 437 g/mol. The standard InChI is InChI=1S/C10H16N2O8.C9H7NO/c13-7(14)3-11(4-8(15)16)1-2-12(5-9(17)18)6-10(19)20;11-8-5-1-3-7-4-2-6-10-9(7)8/h1-6H2,(H,13,14)(H,15,16)(H,17,18)(H,19,20);1-6,11H. The van der Waals surface area contributed by atoms with E-state index in [-0.39, 0.29) is 18.8 Å². The molecule has 0 aliphatic rings. The van der Waals surface area contributed by atoms with Crippen molar-refractivity contribution in [2.45, 2.75) is 0 Å². The molecule has 1 aromatic carbocycles. The Morgan fingerprint density at radius 2 is 1.13 bits per heavy atom. The number of carbonyl (C=O) groups is 4. The van der Waals surface area contributed by atoms with Crippen LogP contribution in [0, 0.1) is 0 Å². The number of benzene rings is 1. The molecule has 1 heterocycles. The minimum Gasteiger partial charge on any atom is -0.506 e. The van der Waals surface area contributed by atoms with Crippen LogP contribution in [0.25, 0.3) is 10.9 Å². The lowest BCUT2D eigenvalue weighted by atomic mass is 10.2. The Bertz CT molecular complexity index is 846. The molecule has 0 bridgehead atoms. The van der Waals surface area contributed by atoms with Crippen molar-refractivity contribution in [2.24, 2.45) is 0 Å². The molecule has 12 nitrogen and oxygen atoms in total. The predicted octanol–water partition coefficient (Wildman–Crippen LogP) is -0.131. The highest BCUT2D eigenvalue weighted by Crippen LogP contribution is 2.20. The summed E-state index contributed by atoms with van der Waals surface area (Å²) >= 11 is 0. The van der Waals surface area contributed by atoms with E-state index in [1.165, 1.54) is 0 Å². The number of pyridine rings is 1. The maximum atomic E-state index is 10.6. The first-order valence-electron chi connectivity index (χ1n) is 8.93. The fourth-order valence-corrected chi connectivity index (χ4v) is 2.56. The number of aromatic nitrogens is 1. The molecule has 0 unspecified atom stereocenters. The molecule has 12 heteroatoms. The summed E-state index contributed by atoms with van der Waals surface area (Å²) < 4.78 is 0. The Labute approximate surface area is 176 Å².